The van der Waals surface area contributed by atoms with Crippen molar-refractivity contribution in [3.63, 3.8) is 0 Å². The molecule has 9 heteroatoms. The van der Waals surface area contributed by atoms with Gasteiger partial charge in [0, 0.05) is 17.3 Å². The van der Waals surface area contributed by atoms with Gasteiger partial charge in [0.15, 0.2) is 11.0 Å². The number of hydrogen-bond acceptors (Lipinski definition) is 5. The summed E-state index contributed by atoms with van der Waals surface area (Å²) < 4.78 is 7.70. The van der Waals surface area contributed by atoms with Gasteiger partial charge in [0.2, 0.25) is 5.91 Å². The number of nitrogens with one attached hydrogen (secondary N) is 1. The summed E-state index contributed by atoms with van der Waals surface area (Å²) in [6.07, 6.45) is 1.74. The van der Waals surface area contributed by atoms with E-state index in [4.69, 9.17) is 27.9 Å². The van der Waals surface area contributed by atoms with Gasteiger partial charge in [-0.15, -0.1) is 16.8 Å². The van der Waals surface area contributed by atoms with Crippen LogP contribution in [0.1, 0.15) is 17.0 Å². The zero-order valence-corrected chi connectivity index (χ0v) is 19.5. The van der Waals surface area contributed by atoms with E-state index in [1.807, 2.05) is 36.6 Å². The van der Waals surface area contributed by atoms with E-state index in [0.29, 0.717) is 39.0 Å². The fourth-order valence-electron chi connectivity index (χ4n) is 2.77. The Bertz CT molecular complexity index is 1100. The monoisotopic (exact) mass is 476 g/mol. The molecule has 0 fully saturated rings. The van der Waals surface area contributed by atoms with Crippen molar-refractivity contribution in [2.24, 2.45) is 0 Å². The number of amides is 1. The first-order valence-corrected chi connectivity index (χ1v) is 11.2. The maximum absolute atomic E-state index is 12.4. The molecule has 0 spiro atoms. The SMILES string of the molecule is C=CCn1c(COc2cc(C)ccc2Cl)nnc1SCC(=O)Nc1cccc(Cl)c1C. The van der Waals surface area contributed by atoms with Crippen LogP contribution in [0.4, 0.5) is 5.69 Å². The standard InChI is InChI=1S/C22H22Cl2N4O2S/c1-4-10-28-20(12-30-19-11-14(2)8-9-17(19)24)26-27-22(28)31-13-21(29)25-18-7-5-6-16(23)15(18)3/h4-9,11H,1,10,12-13H2,2-3H3,(H,25,29). The van der Waals surface area contributed by atoms with Crippen molar-refractivity contribution in [3.05, 3.63) is 76.0 Å². The number of carbonyl (C=O) groups is 1. The lowest BCUT2D eigenvalue weighted by atomic mass is 10.2. The topological polar surface area (TPSA) is 69.0 Å². The highest BCUT2D eigenvalue weighted by Gasteiger charge is 2.15. The van der Waals surface area contributed by atoms with Gasteiger partial charge < -0.3 is 10.1 Å². The fraction of sp³-hybridized carbons (Fsp3) is 0.227. The molecule has 0 radical (unpaired) electrons. The molecule has 1 heterocycles. The van der Waals surface area contributed by atoms with E-state index in [2.05, 4.69) is 22.1 Å². The largest absolute Gasteiger partial charge is 0.484 e. The summed E-state index contributed by atoms with van der Waals surface area (Å²) in [4.78, 5) is 12.4. The average molecular weight is 477 g/mol. The van der Waals surface area contributed by atoms with Crippen molar-refractivity contribution < 1.29 is 9.53 Å². The molecule has 0 aliphatic rings. The summed E-state index contributed by atoms with van der Waals surface area (Å²) in [6, 6.07) is 11.0. The third kappa shape index (κ3) is 6.03. The molecule has 3 rings (SSSR count). The maximum Gasteiger partial charge on any atom is 0.234 e. The number of rotatable bonds is 9. The molecule has 0 aliphatic heterocycles. The van der Waals surface area contributed by atoms with Gasteiger partial charge >= 0.3 is 0 Å². The summed E-state index contributed by atoms with van der Waals surface area (Å²) in [5.74, 6) is 1.21. The molecule has 31 heavy (non-hydrogen) atoms. The van der Waals surface area contributed by atoms with Crippen LogP contribution in [0.15, 0.2) is 54.2 Å². The molecular formula is C22H22Cl2N4O2S. The molecule has 0 saturated heterocycles. The highest BCUT2D eigenvalue weighted by atomic mass is 35.5. The predicted octanol–water partition coefficient (Wildman–Crippen LogP) is 5.70. The molecule has 6 nitrogen and oxygen atoms in total. The van der Waals surface area contributed by atoms with E-state index in [9.17, 15) is 4.79 Å². The molecule has 162 valence electrons. The van der Waals surface area contributed by atoms with Gasteiger partial charge in [0.25, 0.3) is 0 Å². The number of aromatic nitrogens is 3. The molecule has 0 saturated carbocycles. The van der Waals surface area contributed by atoms with Crippen LogP contribution in [0.2, 0.25) is 10.0 Å². The van der Waals surface area contributed by atoms with Crippen molar-refractivity contribution in [2.45, 2.75) is 32.2 Å². The van der Waals surface area contributed by atoms with Gasteiger partial charge in [-0.25, -0.2) is 0 Å². The minimum absolute atomic E-state index is 0.159. The van der Waals surface area contributed by atoms with Crippen molar-refractivity contribution >= 4 is 46.6 Å². The zero-order chi connectivity index (χ0) is 22.4. The van der Waals surface area contributed by atoms with Gasteiger partial charge in [-0.3, -0.25) is 9.36 Å². The molecule has 0 atom stereocenters. The Morgan fingerprint density at radius 1 is 1.23 bits per heavy atom. The second-order valence-electron chi connectivity index (χ2n) is 6.77. The van der Waals surface area contributed by atoms with E-state index >= 15 is 0 Å². The van der Waals surface area contributed by atoms with E-state index in [0.717, 1.165) is 11.1 Å². The Balaban J connectivity index is 1.65. The van der Waals surface area contributed by atoms with E-state index in [-0.39, 0.29) is 18.3 Å². The highest BCUT2D eigenvalue weighted by Crippen LogP contribution is 2.27. The number of carbonyl (C=O) groups excluding carboxylic acids is 1. The van der Waals surface area contributed by atoms with Crippen LogP contribution in [-0.4, -0.2) is 26.4 Å². The minimum atomic E-state index is -0.159. The Kier molecular flexibility index (Phi) is 8.01. The zero-order valence-electron chi connectivity index (χ0n) is 17.2. The summed E-state index contributed by atoms with van der Waals surface area (Å²) >= 11 is 13.6. The van der Waals surface area contributed by atoms with E-state index in [1.54, 1.807) is 24.3 Å². The predicted molar refractivity (Wildman–Crippen MR) is 126 cm³/mol. The normalized spacial score (nSPS) is 10.7. The number of anilines is 1. The Morgan fingerprint density at radius 2 is 2.03 bits per heavy atom. The van der Waals surface area contributed by atoms with Crippen LogP contribution in [0, 0.1) is 13.8 Å². The Morgan fingerprint density at radius 3 is 2.81 bits per heavy atom. The first kappa shape index (κ1) is 23.2. The highest BCUT2D eigenvalue weighted by molar-refractivity contribution is 7.99. The molecule has 2 aromatic carbocycles. The van der Waals surface area contributed by atoms with Gasteiger partial charge in [-0.2, -0.15) is 0 Å². The van der Waals surface area contributed by atoms with Crippen molar-refractivity contribution in [1.82, 2.24) is 14.8 Å². The molecule has 0 bridgehead atoms. The molecule has 3 aromatic rings. The first-order chi connectivity index (χ1) is 14.9. The summed E-state index contributed by atoms with van der Waals surface area (Å²) in [5.41, 5.74) is 2.56. The number of halogens is 2. The number of hydrogen-bond donors (Lipinski definition) is 1. The van der Waals surface area contributed by atoms with Gasteiger partial charge in [0.1, 0.15) is 12.4 Å². The smallest absolute Gasteiger partial charge is 0.234 e. The van der Waals surface area contributed by atoms with Gasteiger partial charge in [-0.1, -0.05) is 53.2 Å². The third-order valence-electron chi connectivity index (χ3n) is 4.42. The lowest BCUT2D eigenvalue weighted by Crippen LogP contribution is -2.15. The van der Waals surface area contributed by atoms with E-state index < -0.39 is 0 Å². The third-order valence-corrected chi connectivity index (χ3v) is 6.11. The van der Waals surface area contributed by atoms with Crippen LogP contribution in [0.3, 0.4) is 0 Å². The van der Waals surface area contributed by atoms with Gasteiger partial charge in [0.05, 0.1) is 10.8 Å². The number of allylic oxidation sites excluding steroid dienone is 1. The lowest BCUT2D eigenvalue weighted by Gasteiger charge is -2.11. The lowest BCUT2D eigenvalue weighted by molar-refractivity contribution is -0.113. The first-order valence-electron chi connectivity index (χ1n) is 9.48. The number of benzene rings is 2. The van der Waals surface area contributed by atoms with Crippen LogP contribution >= 0.6 is 35.0 Å². The van der Waals surface area contributed by atoms with Crippen LogP contribution < -0.4 is 10.1 Å². The number of ether oxygens (including phenoxy) is 1. The van der Waals surface area contributed by atoms with Crippen LogP contribution in [0.25, 0.3) is 0 Å². The molecule has 1 N–H and O–H groups in total. The van der Waals surface area contributed by atoms with Crippen molar-refractivity contribution in [2.75, 3.05) is 11.1 Å². The molecule has 0 aliphatic carbocycles. The fourth-order valence-corrected chi connectivity index (χ4v) is 3.88. The molecule has 1 aromatic heterocycles. The maximum atomic E-state index is 12.4. The van der Waals surface area contributed by atoms with Crippen molar-refractivity contribution in [3.8, 4) is 5.75 Å². The molecule has 0 unspecified atom stereocenters. The minimum Gasteiger partial charge on any atom is -0.484 e. The summed E-state index contributed by atoms with van der Waals surface area (Å²) in [7, 11) is 0. The second-order valence-corrected chi connectivity index (χ2v) is 8.53. The van der Waals surface area contributed by atoms with Gasteiger partial charge in [-0.05, 0) is 49.2 Å². The second kappa shape index (κ2) is 10.7. The van der Waals surface area contributed by atoms with E-state index in [1.165, 1.54) is 11.8 Å². The number of aryl methyl sites for hydroxylation is 1. The Hall–Kier alpha value is -2.48. The quantitative estimate of drug-likeness (QED) is 0.316. The number of nitrogens with zero attached hydrogens (tertiary/aromatic N) is 3. The number of thioether (sulfide) groups is 1. The molecule has 1 amide bonds. The van der Waals surface area contributed by atoms with Crippen LogP contribution in [-0.2, 0) is 17.9 Å². The Labute approximate surface area is 195 Å². The average Bonchev–Trinajstić information content (AvgIpc) is 3.12. The molecular weight excluding hydrogens is 455 g/mol. The summed E-state index contributed by atoms with van der Waals surface area (Å²) in [5, 5.41) is 13.0. The van der Waals surface area contributed by atoms with Crippen LogP contribution in [0.5, 0.6) is 5.75 Å². The van der Waals surface area contributed by atoms with Crippen molar-refractivity contribution in [1.29, 1.82) is 0 Å². The summed E-state index contributed by atoms with van der Waals surface area (Å²) in [6.45, 7) is 8.30.